The van der Waals surface area contributed by atoms with Crippen LogP contribution in [0.5, 0.6) is 5.75 Å². The molecular formula is C28H39ClN6O7. The van der Waals surface area contributed by atoms with Gasteiger partial charge in [0.25, 0.3) is 0 Å². The van der Waals surface area contributed by atoms with Crippen LogP contribution < -0.4 is 9.64 Å². The summed E-state index contributed by atoms with van der Waals surface area (Å²) in [6.07, 6.45) is -0.787. The van der Waals surface area contributed by atoms with Crippen LogP contribution in [0.25, 0.3) is 11.0 Å². The van der Waals surface area contributed by atoms with Gasteiger partial charge in [-0.25, -0.2) is 9.59 Å². The quantitative estimate of drug-likeness (QED) is 0.295. The van der Waals surface area contributed by atoms with Crippen molar-refractivity contribution < 1.29 is 34.0 Å². The van der Waals surface area contributed by atoms with Crippen molar-refractivity contribution in [3.63, 3.8) is 0 Å². The highest BCUT2D eigenvalue weighted by atomic mass is 35.5. The number of aryl methyl sites for hydroxylation is 1. The number of aromatic nitrogens is 5. The van der Waals surface area contributed by atoms with E-state index in [1.807, 2.05) is 13.8 Å². The van der Waals surface area contributed by atoms with Crippen LogP contribution in [0.4, 0.5) is 15.5 Å². The van der Waals surface area contributed by atoms with Crippen molar-refractivity contribution in [2.24, 2.45) is 0 Å². The number of nitrogens with zero attached hydrogens (tertiary/aromatic N) is 5. The van der Waals surface area contributed by atoms with Crippen molar-refractivity contribution in [1.82, 2.24) is 25.1 Å². The minimum absolute atomic E-state index is 0.0709. The van der Waals surface area contributed by atoms with Crippen molar-refractivity contribution in [3.8, 4) is 5.75 Å². The summed E-state index contributed by atoms with van der Waals surface area (Å²) >= 11 is 6.70. The SMILES string of the molecule is COc1c(C)cnc(C(CCC(O)CO)c2[nH]nc3nc(N(C(=O)OC(C)(C)C)C(=O)OC(C)(C)C)nc(Cl)c23)c1C. The number of ether oxygens (including phenoxy) is 3. The van der Waals surface area contributed by atoms with E-state index < -0.39 is 42.0 Å². The van der Waals surface area contributed by atoms with Gasteiger partial charge in [0.15, 0.2) is 5.65 Å². The van der Waals surface area contributed by atoms with Gasteiger partial charge >= 0.3 is 12.2 Å². The maximum atomic E-state index is 13.1. The number of hydrogen-bond donors (Lipinski definition) is 3. The van der Waals surface area contributed by atoms with Crippen LogP contribution in [0.15, 0.2) is 6.20 Å². The number of carbonyl (C=O) groups is 2. The van der Waals surface area contributed by atoms with Crippen molar-refractivity contribution in [1.29, 1.82) is 0 Å². The summed E-state index contributed by atoms with van der Waals surface area (Å²) in [5.41, 5.74) is 0.957. The van der Waals surface area contributed by atoms with Crippen molar-refractivity contribution in [2.45, 2.75) is 91.5 Å². The van der Waals surface area contributed by atoms with Crippen molar-refractivity contribution in [3.05, 3.63) is 33.9 Å². The van der Waals surface area contributed by atoms with Crippen molar-refractivity contribution >= 4 is 40.8 Å². The summed E-state index contributed by atoms with van der Waals surface area (Å²) in [4.78, 5) is 40.1. The fourth-order valence-corrected chi connectivity index (χ4v) is 4.63. The lowest BCUT2D eigenvalue weighted by molar-refractivity contribution is 0.0427. The molecule has 0 aromatic carbocycles. The van der Waals surface area contributed by atoms with Gasteiger partial charge in [-0.3, -0.25) is 10.1 Å². The van der Waals surface area contributed by atoms with Crippen LogP contribution in [0.2, 0.25) is 5.15 Å². The van der Waals surface area contributed by atoms with Gasteiger partial charge in [-0.1, -0.05) is 11.6 Å². The molecule has 0 saturated heterocycles. The number of pyridine rings is 1. The van der Waals surface area contributed by atoms with E-state index in [9.17, 15) is 19.8 Å². The second-order valence-corrected chi connectivity index (χ2v) is 12.3. The van der Waals surface area contributed by atoms with Gasteiger partial charge in [-0.2, -0.15) is 15.1 Å². The summed E-state index contributed by atoms with van der Waals surface area (Å²) in [5, 5.41) is 27.1. The van der Waals surface area contributed by atoms with Crippen LogP contribution in [-0.4, -0.2) is 78.6 Å². The molecule has 3 aromatic heterocycles. The zero-order valence-corrected chi connectivity index (χ0v) is 26.2. The molecule has 3 aromatic rings. The van der Waals surface area contributed by atoms with Crippen LogP contribution in [0.3, 0.4) is 0 Å². The largest absolute Gasteiger partial charge is 0.496 e. The molecular weight excluding hydrogens is 568 g/mol. The molecule has 2 unspecified atom stereocenters. The average molecular weight is 607 g/mol. The lowest BCUT2D eigenvalue weighted by atomic mass is 9.89. The number of anilines is 1. The number of nitrogens with one attached hydrogen (secondary N) is 1. The summed E-state index contributed by atoms with van der Waals surface area (Å²) in [5.74, 6) is -0.218. The molecule has 13 nitrogen and oxygen atoms in total. The first kappa shape index (κ1) is 33.0. The summed E-state index contributed by atoms with van der Waals surface area (Å²) < 4.78 is 16.4. The zero-order valence-electron chi connectivity index (χ0n) is 25.4. The highest BCUT2D eigenvalue weighted by Gasteiger charge is 2.36. The van der Waals surface area contributed by atoms with Crippen LogP contribution >= 0.6 is 11.6 Å². The van der Waals surface area contributed by atoms with E-state index in [0.29, 0.717) is 33.8 Å². The molecule has 0 bridgehead atoms. The Morgan fingerprint density at radius 2 is 1.64 bits per heavy atom. The molecule has 3 heterocycles. The second-order valence-electron chi connectivity index (χ2n) is 11.9. The number of aromatic amines is 1. The number of aliphatic hydroxyl groups is 2. The van der Waals surface area contributed by atoms with E-state index in [-0.39, 0.29) is 23.2 Å². The molecule has 2 amide bonds. The number of H-pyrrole nitrogens is 1. The van der Waals surface area contributed by atoms with Crippen LogP contribution in [-0.2, 0) is 9.47 Å². The number of carbonyl (C=O) groups excluding carboxylic acids is 2. The maximum absolute atomic E-state index is 13.1. The summed E-state index contributed by atoms with van der Waals surface area (Å²) in [6.45, 7) is 13.3. The van der Waals surface area contributed by atoms with E-state index in [2.05, 4.69) is 25.1 Å². The fourth-order valence-electron chi connectivity index (χ4n) is 4.37. The molecule has 0 spiro atoms. The topological polar surface area (TPSA) is 173 Å². The Bertz CT molecular complexity index is 1420. The molecule has 0 saturated carbocycles. The molecule has 0 aliphatic carbocycles. The number of aliphatic hydroxyl groups excluding tert-OH is 2. The van der Waals surface area contributed by atoms with E-state index >= 15 is 0 Å². The number of methoxy groups -OCH3 is 1. The molecule has 0 fully saturated rings. The van der Waals surface area contributed by atoms with Gasteiger partial charge in [0.2, 0.25) is 5.95 Å². The van der Waals surface area contributed by atoms with Gasteiger partial charge in [-0.15, -0.1) is 4.90 Å². The van der Waals surface area contributed by atoms with Gasteiger partial charge in [0.1, 0.15) is 22.1 Å². The number of halogens is 1. The molecule has 3 rings (SSSR count). The maximum Gasteiger partial charge on any atom is 0.427 e. The summed E-state index contributed by atoms with van der Waals surface area (Å²) in [6, 6.07) is 0. The standard InChI is InChI=1S/C28H39ClN6O7/c1-14-12-30-19(15(2)21(14)40-9)17(11-10-16(37)13-36)20-18-22(29)31-24(32-23(18)34-33-20)35(25(38)41-27(3,4)5)26(39)42-28(6,7)8/h12,16-17,36-37H,10-11,13H2,1-9H3,(H,31,32,33,34). The lowest BCUT2D eigenvalue weighted by Crippen LogP contribution is -2.44. The normalized spacial score (nSPS) is 13.5. The highest BCUT2D eigenvalue weighted by Crippen LogP contribution is 2.39. The molecule has 2 atom stereocenters. The number of fused-ring (bicyclic) bond motifs is 1. The minimum Gasteiger partial charge on any atom is -0.496 e. The number of rotatable bonds is 8. The third kappa shape index (κ3) is 7.64. The third-order valence-electron chi connectivity index (χ3n) is 6.10. The van der Waals surface area contributed by atoms with E-state index in [1.165, 1.54) is 0 Å². The van der Waals surface area contributed by atoms with Crippen LogP contribution in [0, 0.1) is 13.8 Å². The van der Waals surface area contributed by atoms with E-state index in [1.54, 1.807) is 54.8 Å². The number of amides is 2. The summed E-state index contributed by atoms with van der Waals surface area (Å²) in [7, 11) is 1.57. The Balaban J connectivity index is 2.18. The lowest BCUT2D eigenvalue weighted by Gasteiger charge is -2.27. The predicted octanol–water partition coefficient (Wildman–Crippen LogP) is 4.97. The monoisotopic (exact) mass is 606 g/mol. The molecule has 3 N–H and O–H groups in total. The smallest absolute Gasteiger partial charge is 0.427 e. The molecule has 14 heteroatoms. The molecule has 0 aliphatic heterocycles. The van der Waals surface area contributed by atoms with Crippen LogP contribution in [0.1, 0.15) is 82.8 Å². The number of imide groups is 1. The Labute approximate surface area is 249 Å². The molecule has 0 radical (unpaired) electrons. The number of hydrogen-bond acceptors (Lipinski definition) is 11. The highest BCUT2D eigenvalue weighted by molar-refractivity contribution is 6.34. The van der Waals surface area contributed by atoms with Gasteiger partial charge in [0, 0.05) is 23.2 Å². The van der Waals surface area contributed by atoms with Gasteiger partial charge < -0.3 is 24.4 Å². The molecule has 42 heavy (non-hydrogen) atoms. The Morgan fingerprint density at radius 1 is 1.05 bits per heavy atom. The predicted molar refractivity (Wildman–Crippen MR) is 156 cm³/mol. The van der Waals surface area contributed by atoms with Gasteiger partial charge in [-0.05, 0) is 68.2 Å². The van der Waals surface area contributed by atoms with E-state index in [0.717, 1.165) is 11.1 Å². The zero-order chi connectivity index (χ0) is 31.6. The molecule has 0 aliphatic rings. The first-order valence-corrected chi connectivity index (χ1v) is 13.8. The second kappa shape index (κ2) is 12.8. The Kier molecular flexibility index (Phi) is 10.0. The van der Waals surface area contributed by atoms with Gasteiger partial charge in [0.05, 0.1) is 36.6 Å². The third-order valence-corrected chi connectivity index (χ3v) is 6.37. The average Bonchev–Trinajstić information content (AvgIpc) is 3.27. The Morgan fingerprint density at radius 3 is 2.17 bits per heavy atom. The first-order valence-electron chi connectivity index (χ1n) is 13.4. The van der Waals surface area contributed by atoms with E-state index in [4.69, 9.17) is 25.8 Å². The minimum atomic E-state index is -1.05. The molecule has 230 valence electrons. The fraction of sp³-hybridized carbons (Fsp3) is 0.571. The van der Waals surface area contributed by atoms with Crippen molar-refractivity contribution in [2.75, 3.05) is 18.6 Å². The first-order chi connectivity index (χ1) is 19.5. The Hall–Kier alpha value is -3.55.